The van der Waals surface area contributed by atoms with Crippen molar-refractivity contribution in [2.75, 3.05) is 13.1 Å². The van der Waals surface area contributed by atoms with Crippen LogP contribution in [0.2, 0.25) is 0 Å². The van der Waals surface area contributed by atoms with Gasteiger partial charge in [-0.2, -0.15) is 0 Å². The van der Waals surface area contributed by atoms with Gasteiger partial charge in [-0.25, -0.2) is 0 Å². The molecule has 0 spiro atoms. The number of carbonyl (C=O) groups is 2. The highest BCUT2D eigenvalue weighted by Crippen LogP contribution is 2.05. The standard InChI is InChI=1S/C13H15NO3/c1-2-9-14(10-8-12(15)16)13(17)11-6-4-3-5-7-11/h2-7H,1,8-10H2,(H,15,16). The van der Waals surface area contributed by atoms with Gasteiger partial charge in [0.25, 0.3) is 5.91 Å². The summed E-state index contributed by atoms with van der Waals surface area (Å²) in [6, 6.07) is 8.79. The van der Waals surface area contributed by atoms with Gasteiger partial charge in [-0.05, 0) is 12.1 Å². The van der Waals surface area contributed by atoms with E-state index in [4.69, 9.17) is 5.11 Å². The van der Waals surface area contributed by atoms with Crippen molar-refractivity contribution in [3.05, 3.63) is 48.6 Å². The van der Waals surface area contributed by atoms with Crippen molar-refractivity contribution in [2.24, 2.45) is 0 Å². The van der Waals surface area contributed by atoms with E-state index in [1.54, 1.807) is 30.3 Å². The maximum atomic E-state index is 12.0. The van der Waals surface area contributed by atoms with E-state index in [2.05, 4.69) is 6.58 Å². The van der Waals surface area contributed by atoms with Gasteiger partial charge in [-0.3, -0.25) is 9.59 Å². The fourth-order valence-electron chi connectivity index (χ4n) is 1.43. The number of aliphatic carboxylic acids is 1. The van der Waals surface area contributed by atoms with E-state index in [0.29, 0.717) is 12.1 Å². The fraction of sp³-hybridized carbons (Fsp3) is 0.231. The number of hydrogen-bond donors (Lipinski definition) is 1. The third-order valence-electron chi connectivity index (χ3n) is 2.25. The van der Waals surface area contributed by atoms with Crippen molar-refractivity contribution in [1.82, 2.24) is 4.90 Å². The van der Waals surface area contributed by atoms with E-state index < -0.39 is 5.97 Å². The average molecular weight is 233 g/mol. The summed E-state index contributed by atoms with van der Waals surface area (Å²) < 4.78 is 0. The predicted molar refractivity (Wildman–Crippen MR) is 64.8 cm³/mol. The second-order valence-corrected chi connectivity index (χ2v) is 3.55. The molecule has 0 fully saturated rings. The third-order valence-corrected chi connectivity index (χ3v) is 2.25. The van der Waals surface area contributed by atoms with Gasteiger partial charge in [-0.1, -0.05) is 24.3 Å². The summed E-state index contributed by atoms with van der Waals surface area (Å²) in [6.45, 7) is 4.10. The molecule has 1 amide bonds. The van der Waals surface area contributed by atoms with E-state index in [0.717, 1.165) is 0 Å². The van der Waals surface area contributed by atoms with Crippen LogP contribution in [0.4, 0.5) is 0 Å². The summed E-state index contributed by atoms with van der Waals surface area (Å²) in [5.41, 5.74) is 0.555. The van der Waals surface area contributed by atoms with Gasteiger partial charge in [0.15, 0.2) is 0 Å². The van der Waals surface area contributed by atoms with E-state index >= 15 is 0 Å². The van der Waals surface area contributed by atoms with Crippen molar-refractivity contribution in [2.45, 2.75) is 6.42 Å². The molecule has 0 saturated heterocycles. The minimum Gasteiger partial charge on any atom is -0.481 e. The first kappa shape index (κ1) is 13.0. The van der Waals surface area contributed by atoms with Crippen LogP contribution in [0.25, 0.3) is 0 Å². The van der Waals surface area contributed by atoms with E-state index in [1.165, 1.54) is 4.90 Å². The first-order chi connectivity index (χ1) is 8.15. The van der Waals surface area contributed by atoms with Crippen molar-refractivity contribution >= 4 is 11.9 Å². The molecule has 1 rings (SSSR count). The summed E-state index contributed by atoms with van der Waals surface area (Å²) in [5.74, 6) is -1.09. The minimum absolute atomic E-state index is 0.0631. The third kappa shape index (κ3) is 4.10. The lowest BCUT2D eigenvalue weighted by Gasteiger charge is -2.20. The molecule has 0 aliphatic rings. The Kier molecular flexibility index (Phi) is 4.94. The molecule has 0 unspecified atom stereocenters. The van der Waals surface area contributed by atoms with Crippen molar-refractivity contribution in [3.63, 3.8) is 0 Å². The second kappa shape index (κ2) is 6.48. The lowest BCUT2D eigenvalue weighted by Crippen LogP contribution is -2.33. The number of hydrogen-bond acceptors (Lipinski definition) is 2. The number of amides is 1. The molecular formula is C13H15NO3. The number of carboxylic acids is 1. The number of carbonyl (C=O) groups excluding carboxylic acids is 1. The van der Waals surface area contributed by atoms with Crippen LogP contribution in [-0.4, -0.2) is 35.0 Å². The summed E-state index contributed by atoms with van der Waals surface area (Å²) in [7, 11) is 0. The van der Waals surface area contributed by atoms with Gasteiger partial charge in [0, 0.05) is 18.7 Å². The van der Waals surface area contributed by atoms with Crippen molar-refractivity contribution in [1.29, 1.82) is 0 Å². The summed E-state index contributed by atoms with van der Waals surface area (Å²) in [4.78, 5) is 24.0. The molecule has 0 saturated carbocycles. The number of benzene rings is 1. The zero-order chi connectivity index (χ0) is 12.7. The van der Waals surface area contributed by atoms with Gasteiger partial charge in [0.1, 0.15) is 0 Å². The van der Waals surface area contributed by atoms with Gasteiger partial charge in [-0.15, -0.1) is 6.58 Å². The molecule has 4 heteroatoms. The molecule has 0 atom stereocenters. The Balaban J connectivity index is 2.73. The van der Waals surface area contributed by atoms with Gasteiger partial charge >= 0.3 is 5.97 Å². The molecule has 1 aromatic carbocycles. The van der Waals surface area contributed by atoms with Crippen molar-refractivity contribution in [3.8, 4) is 0 Å². The average Bonchev–Trinajstić information content (AvgIpc) is 2.34. The quantitative estimate of drug-likeness (QED) is 0.762. The Morgan fingerprint density at radius 2 is 1.94 bits per heavy atom. The van der Waals surface area contributed by atoms with Gasteiger partial charge in [0.2, 0.25) is 0 Å². The van der Waals surface area contributed by atoms with Crippen molar-refractivity contribution < 1.29 is 14.7 Å². The molecule has 0 radical (unpaired) electrons. The fourth-order valence-corrected chi connectivity index (χ4v) is 1.43. The SMILES string of the molecule is C=CCN(CCC(=O)O)C(=O)c1ccccc1. The zero-order valence-electron chi connectivity index (χ0n) is 9.50. The minimum atomic E-state index is -0.917. The van der Waals surface area contributed by atoms with Crippen LogP contribution in [0.3, 0.4) is 0 Å². The van der Waals surface area contributed by atoms with Gasteiger partial charge < -0.3 is 10.0 Å². The number of rotatable bonds is 6. The summed E-state index contributed by atoms with van der Waals surface area (Å²) >= 11 is 0. The maximum Gasteiger partial charge on any atom is 0.305 e. The molecule has 0 heterocycles. The van der Waals surface area contributed by atoms with Gasteiger partial charge in [0.05, 0.1) is 6.42 Å². The summed E-state index contributed by atoms with van der Waals surface area (Å²) in [6.07, 6.45) is 1.52. The van der Waals surface area contributed by atoms with E-state index in [-0.39, 0.29) is 18.9 Å². The van der Waals surface area contributed by atoms with E-state index in [9.17, 15) is 9.59 Å². The molecule has 90 valence electrons. The molecule has 0 bridgehead atoms. The molecule has 0 aliphatic carbocycles. The zero-order valence-corrected chi connectivity index (χ0v) is 9.50. The first-order valence-corrected chi connectivity index (χ1v) is 5.32. The number of nitrogens with zero attached hydrogens (tertiary/aromatic N) is 1. The molecule has 0 aliphatic heterocycles. The molecule has 17 heavy (non-hydrogen) atoms. The summed E-state index contributed by atoms with van der Waals surface area (Å²) in [5, 5.41) is 8.62. The van der Waals surface area contributed by atoms with Crippen LogP contribution in [0.15, 0.2) is 43.0 Å². The maximum absolute atomic E-state index is 12.0. The lowest BCUT2D eigenvalue weighted by atomic mass is 10.2. The topological polar surface area (TPSA) is 57.6 Å². The second-order valence-electron chi connectivity index (χ2n) is 3.55. The van der Waals surface area contributed by atoms with Crippen LogP contribution in [0.1, 0.15) is 16.8 Å². The van der Waals surface area contributed by atoms with Crippen LogP contribution >= 0.6 is 0 Å². The van der Waals surface area contributed by atoms with Crippen LogP contribution in [0.5, 0.6) is 0 Å². The van der Waals surface area contributed by atoms with Crippen LogP contribution in [-0.2, 0) is 4.79 Å². The smallest absolute Gasteiger partial charge is 0.305 e. The lowest BCUT2D eigenvalue weighted by molar-refractivity contribution is -0.137. The predicted octanol–water partition coefficient (Wildman–Crippen LogP) is 1.79. The highest BCUT2D eigenvalue weighted by Gasteiger charge is 2.14. The Hall–Kier alpha value is -2.10. The monoisotopic (exact) mass is 233 g/mol. The largest absolute Gasteiger partial charge is 0.481 e. The van der Waals surface area contributed by atoms with E-state index in [1.807, 2.05) is 6.07 Å². The molecule has 1 N–H and O–H groups in total. The first-order valence-electron chi connectivity index (χ1n) is 5.32. The molecule has 1 aromatic rings. The molecule has 0 aromatic heterocycles. The Labute approximate surface area is 100 Å². The van der Waals surface area contributed by atoms with Crippen LogP contribution in [0, 0.1) is 0 Å². The molecular weight excluding hydrogens is 218 g/mol. The Morgan fingerprint density at radius 1 is 1.29 bits per heavy atom. The molecule has 4 nitrogen and oxygen atoms in total. The van der Waals surface area contributed by atoms with Crippen LogP contribution < -0.4 is 0 Å². The Bertz CT molecular complexity index is 400. The highest BCUT2D eigenvalue weighted by atomic mass is 16.4. The highest BCUT2D eigenvalue weighted by molar-refractivity contribution is 5.94. The Morgan fingerprint density at radius 3 is 2.47 bits per heavy atom. The normalized spacial score (nSPS) is 9.65. The number of carboxylic acid groups (broad SMARTS) is 1.